The molecule has 134 valence electrons. The molecule has 2 amide bonds. The molecule has 0 unspecified atom stereocenters. The van der Waals surface area contributed by atoms with Gasteiger partial charge in [0.15, 0.2) is 0 Å². The van der Waals surface area contributed by atoms with Crippen LogP contribution in [-0.2, 0) is 4.79 Å². The second kappa shape index (κ2) is 7.39. The van der Waals surface area contributed by atoms with Crippen molar-refractivity contribution in [3.8, 4) is 0 Å². The lowest BCUT2D eigenvalue weighted by atomic mass is 10.0. The third-order valence-electron chi connectivity index (χ3n) is 4.18. The van der Waals surface area contributed by atoms with E-state index in [0.717, 1.165) is 16.6 Å². The Balaban J connectivity index is 1.73. The van der Waals surface area contributed by atoms with Gasteiger partial charge in [0.2, 0.25) is 11.9 Å². The molecule has 0 aliphatic heterocycles. The zero-order valence-corrected chi connectivity index (χ0v) is 15.0. The van der Waals surface area contributed by atoms with Gasteiger partial charge in [0.1, 0.15) is 6.04 Å². The number of hydrogen-bond acceptors (Lipinski definition) is 3. The molecular weight excluding hydrogens is 328 g/mol. The van der Waals surface area contributed by atoms with Gasteiger partial charge >= 0.3 is 0 Å². The van der Waals surface area contributed by atoms with Crippen LogP contribution in [0.5, 0.6) is 0 Å². The SMILES string of the molecule is Cc1ccc(C(=O)N[C@H](C(=O)Nc2nc3ccccc3[nH]2)C(C)C)cc1. The molecule has 3 rings (SSSR count). The summed E-state index contributed by atoms with van der Waals surface area (Å²) in [4.78, 5) is 32.5. The monoisotopic (exact) mass is 350 g/mol. The summed E-state index contributed by atoms with van der Waals surface area (Å²) >= 11 is 0. The number of hydrogen-bond donors (Lipinski definition) is 3. The minimum absolute atomic E-state index is 0.0752. The summed E-state index contributed by atoms with van der Waals surface area (Å²) < 4.78 is 0. The maximum absolute atomic E-state index is 12.7. The van der Waals surface area contributed by atoms with Gasteiger partial charge in [0.05, 0.1) is 11.0 Å². The van der Waals surface area contributed by atoms with Crippen LogP contribution in [0.2, 0.25) is 0 Å². The van der Waals surface area contributed by atoms with E-state index in [9.17, 15) is 9.59 Å². The average Bonchev–Trinajstić information content (AvgIpc) is 3.01. The van der Waals surface area contributed by atoms with E-state index >= 15 is 0 Å². The van der Waals surface area contributed by atoms with Crippen molar-refractivity contribution in [2.45, 2.75) is 26.8 Å². The van der Waals surface area contributed by atoms with Gasteiger partial charge in [-0.15, -0.1) is 0 Å². The molecule has 0 fully saturated rings. The maximum atomic E-state index is 12.7. The first-order valence-corrected chi connectivity index (χ1v) is 8.57. The lowest BCUT2D eigenvalue weighted by Crippen LogP contribution is -2.47. The van der Waals surface area contributed by atoms with E-state index in [1.54, 1.807) is 12.1 Å². The molecule has 0 aliphatic carbocycles. The van der Waals surface area contributed by atoms with Crippen molar-refractivity contribution in [3.63, 3.8) is 0 Å². The summed E-state index contributed by atoms with van der Waals surface area (Å²) in [6.45, 7) is 5.73. The maximum Gasteiger partial charge on any atom is 0.251 e. The van der Waals surface area contributed by atoms with Crippen LogP contribution in [0.3, 0.4) is 0 Å². The molecule has 0 saturated heterocycles. The highest BCUT2D eigenvalue weighted by atomic mass is 16.2. The van der Waals surface area contributed by atoms with Crippen molar-refractivity contribution in [2.75, 3.05) is 5.32 Å². The third kappa shape index (κ3) is 3.91. The van der Waals surface area contributed by atoms with Gasteiger partial charge in [-0.1, -0.05) is 43.7 Å². The van der Waals surface area contributed by atoms with Crippen LogP contribution >= 0.6 is 0 Å². The Morgan fingerprint density at radius 1 is 1.04 bits per heavy atom. The molecule has 0 spiro atoms. The van der Waals surface area contributed by atoms with Crippen molar-refractivity contribution < 1.29 is 9.59 Å². The van der Waals surface area contributed by atoms with Gasteiger partial charge in [-0.3, -0.25) is 14.9 Å². The molecule has 1 atom stereocenters. The van der Waals surface area contributed by atoms with Crippen LogP contribution in [0.4, 0.5) is 5.95 Å². The number of para-hydroxylation sites is 2. The number of anilines is 1. The van der Waals surface area contributed by atoms with Crippen molar-refractivity contribution in [1.29, 1.82) is 0 Å². The Kier molecular flexibility index (Phi) is 5.02. The lowest BCUT2D eigenvalue weighted by molar-refractivity contribution is -0.118. The minimum Gasteiger partial charge on any atom is -0.340 e. The molecule has 3 N–H and O–H groups in total. The second-order valence-corrected chi connectivity index (χ2v) is 6.65. The number of carbonyl (C=O) groups is 2. The van der Waals surface area contributed by atoms with Gasteiger partial charge in [-0.25, -0.2) is 4.98 Å². The number of aromatic nitrogens is 2. The molecule has 26 heavy (non-hydrogen) atoms. The van der Waals surface area contributed by atoms with Crippen molar-refractivity contribution in [1.82, 2.24) is 15.3 Å². The van der Waals surface area contributed by atoms with Gasteiger partial charge < -0.3 is 10.3 Å². The van der Waals surface area contributed by atoms with Crippen molar-refractivity contribution >= 4 is 28.8 Å². The molecule has 3 aromatic rings. The van der Waals surface area contributed by atoms with E-state index in [1.807, 2.05) is 57.2 Å². The average molecular weight is 350 g/mol. The standard InChI is InChI=1S/C20H22N4O2/c1-12(2)17(23-18(25)14-10-8-13(3)9-11-14)19(26)24-20-21-15-6-4-5-7-16(15)22-20/h4-12,17H,1-3H3,(H,23,25)(H2,21,22,24,26)/t17-/m0/s1. The molecule has 6 nitrogen and oxygen atoms in total. The summed E-state index contributed by atoms with van der Waals surface area (Å²) in [6.07, 6.45) is 0. The van der Waals surface area contributed by atoms with Crippen LogP contribution < -0.4 is 10.6 Å². The number of amides is 2. The zero-order chi connectivity index (χ0) is 18.7. The fourth-order valence-electron chi connectivity index (χ4n) is 2.67. The lowest BCUT2D eigenvalue weighted by Gasteiger charge is -2.21. The molecule has 6 heteroatoms. The number of aryl methyl sites for hydroxylation is 1. The van der Waals surface area contributed by atoms with Gasteiger partial charge in [0, 0.05) is 5.56 Å². The number of nitrogens with one attached hydrogen (secondary N) is 3. The van der Waals surface area contributed by atoms with Gasteiger partial charge in [-0.05, 0) is 37.1 Å². The van der Waals surface area contributed by atoms with E-state index in [-0.39, 0.29) is 17.7 Å². The predicted molar refractivity (Wildman–Crippen MR) is 102 cm³/mol. The fraction of sp³-hybridized carbons (Fsp3) is 0.250. The predicted octanol–water partition coefficient (Wildman–Crippen LogP) is 3.26. The molecule has 1 aromatic heterocycles. The number of H-pyrrole nitrogens is 1. The molecule has 0 radical (unpaired) electrons. The van der Waals surface area contributed by atoms with Crippen LogP contribution in [0, 0.1) is 12.8 Å². The molecule has 0 bridgehead atoms. The van der Waals surface area contributed by atoms with E-state index in [1.165, 1.54) is 0 Å². The topological polar surface area (TPSA) is 86.9 Å². The van der Waals surface area contributed by atoms with Crippen molar-refractivity contribution in [2.24, 2.45) is 5.92 Å². The molecule has 0 saturated carbocycles. The van der Waals surface area contributed by atoms with Crippen LogP contribution in [0.1, 0.15) is 29.8 Å². The first-order chi connectivity index (χ1) is 12.4. The number of fused-ring (bicyclic) bond motifs is 1. The number of carbonyl (C=O) groups excluding carboxylic acids is 2. The van der Waals surface area contributed by atoms with Crippen molar-refractivity contribution in [3.05, 3.63) is 59.7 Å². The first kappa shape index (κ1) is 17.7. The van der Waals surface area contributed by atoms with Gasteiger partial charge in [-0.2, -0.15) is 0 Å². The molecular formula is C20H22N4O2. The number of rotatable bonds is 5. The van der Waals surface area contributed by atoms with E-state index in [0.29, 0.717) is 11.5 Å². The number of aromatic amines is 1. The van der Waals surface area contributed by atoms with E-state index in [2.05, 4.69) is 20.6 Å². The second-order valence-electron chi connectivity index (χ2n) is 6.65. The summed E-state index contributed by atoms with van der Waals surface area (Å²) in [6, 6.07) is 14.1. The van der Waals surface area contributed by atoms with Crippen LogP contribution in [-0.4, -0.2) is 27.8 Å². The molecule has 2 aromatic carbocycles. The Bertz CT molecular complexity index is 895. The zero-order valence-electron chi connectivity index (χ0n) is 15.0. The summed E-state index contributed by atoms with van der Waals surface area (Å²) in [5.74, 6) is -0.289. The Hall–Kier alpha value is -3.15. The van der Waals surface area contributed by atoms with Gasteiger partial charge in [0.25, 0.3) is 5.91 Å². The summed E-state index contributed by atoms with van der Waals surface area (Å²) in [7, 11) is 0. The molecule has 1 heterocycles. The highest BCUT2D eigenvalue weighted by Gasteiger charge is 2.25. The quantitative estimate of drug-likeness (QED) is 0.660. The van der Waals surface area contributed by atoms with E-state index in [4.69, 9.17) is 0 Å². The summed E-state index contributed by atoms with van der Waals surface area (Å²) in [5.41, 5.74) is 3.21. The number of benzene rings is 2. The highest BCUT2D eigenvalue weighted by molar-refractivity contribution is 6.01. The Morgan fingerprint density at radius 3 is 2.38 bits per heavy atom. The summed E-state index contributed by atoms with van der Waals surface area (Å²) in [5, 5.41) is 5.57. The normalized spacial score (nSPS) is 12.2. The Labute approximate surface area is 152 Å². The Morgan fingerprint density at radius 2 is 1.73 bits per heavy atom. The van der Waals surface area contributed by atoms with Crippen LogP contribution in [0.15, 0.2) is 48.5 Å². The third-order valence-corrected chi connectivity index (χ3v) is 4.18. The van der Waals surface area contributed by atoms with Crippen LogP contribution in [0.25, 0.3) is 11.0 Å². The smallest absolute Gasteiger partial charge is 0.251 e. The largest absolute Gasteiger partial charge is 0.340 e. The van der Waals surface area contributed by atoms with E-state index < -0.39 is 6.04 Å². The number of imidazole rings is 1. The first-order valence-electron chi connectivity index (χ1n) is 8.57. The highest BCUT2D eigenvalue weighted by Crippen LogP contribution is 2.14. The fourth-order valence-corrected chi connectivity index (χ4v) is 2.67. The minimum atomic E-state index is -0.669. The molecule has 0 aliphatic rings. The number of nitrogens with zero attached hydrogens (tertiary/aromatic N) is 1.